The van der Waals surface area contributed by atoms with Crippen molar-refractivity contribution < 1.29 is 4.79 Å². The number of amides is 1. The number of carbonyl (C=O) groups is 1. The van der Waals surface area contributed by atoms with Gasteiger partial charge in [-0.2, -0.15) is 0 Å². The molecule has 0 aromatic heterocycles. The third kappa shape index (κ3) is 2.51. The van der Waals surface area contributed by atoms with E-state index >= 15 is 0 Å². The van der Waals surface area contributed by atoms with Crippen molar-refractivity contribution in [1.29, 1.82) is 0 Å². The molecule has 0 spiro atoms. The highest BCUT2D eigenvalue weighted by atomic mass is 16.2. The molecule has 2 rings (SSSR count). The predicted octanol–water partition coefficient (Wildman–Crippen LogP) is 3.53. The second kappa shape index (κ2) is 4.32. The predicted molar refractivity (Wildman–Crippen MR) is 78.8 cm³/mol. The van der Waals surface area contributed by atoms with Crippen LogP contribution in [-0.4, -0.2) is 22.6 Å². The van der Waals surface area contributed by atoms with E-state index in [-0.39, 0.29) is 22.8 Å². The first-order valence-corrected chi connectivity index (χ1v) is 6.90. The minimum atomic E-state index is -0.255. The van der Waals surface area contributed by atoms with Crippen molar-refractivity contribution in [2.45, 2.75) is 53.5 Å². The van der Waals surface area contributed by atoms with E-state index in [1.807, 2.05) is 11.1 Å². The molecular weight excluding hydrogens is 236 g/mol. The van der Waals surface area contributed by atoms with Crippen LogP contribution in [0.5, 0.6) is 0 Å². The summed E-state index contributed by atoms with van der Waals surface area (Å²) in [4.78, 5) is 19.3. The van der Waals surface area contributed by atoms with Crippen LogP contribution < -0.4 is 0 Å². The molecule has 0 aromatic carbocycles. The fraction of sp³-hybridized carbons (Fsp3) is 0.625. The van der Waals surface area contributed by atoms with Gasteiger partial charge in [0.05, 0.1) is 5.92 Å². The Bertz CT molecular complexity index is 484. The van der Waals surface area contributed by atoms with E-state index in [4.69, 9.17) is 0 Å². The summed E-state index contributed by atoms with van der Waals surface area (Å²) in [5, 5.41) is 0. The highest BCUT2D eigenvalue weighted by Gasteiger charge is 2.41. The average molecular weight is 260 g/mol. The van der Waals surface area contributed by atoms with Crippen LogP contribution in [0.2, 0.25) is 0 Å². The molecule has 0 radical (unpaired) electrons. The zero-order valence-corrected chi connectivity index (χ0v) is 12.8. The number of aliphatic imine (C=N–C) groups is 1. The largest absolute Gasteiger partial charge is 0.291 e. The molecule has 104 valence electrons. The molecule has 0 fully saturated rings. The summed E-state index contributed by atoms with van der Waals surface area (Å²) >= 11 is 0. The molecule has 3 heteroatoms. The minimum absolute atomic E-state index is 0.0828. The summed E-state index contributed by atoms with van der Waals surface area (Å²) in [5.74, 6) is 0.883. The van der Waals surface area contributed by atoms with Gasteiger partial charge in [0, 0.05) is 23.7 Å². The van der Waals surface area contributed by atoms with E-state index in [0.717, 1.165) is 17.8 Å². The molecule has 2 heterocycles. The number of carbonyl (C=O) groups excluding carboxylic acids is 1. The Hall–Kier alpha value is -1.38. The van der Waals surface area contributed by atoms with Gasteiger partial charge in [0.2, 0.25) is 5.91 Å². The molecule has 0 N–H and O–H groups in total. The molecule has 2 aliphatic heterocycles. The third-order valence-corrected chi connectivity index (χ3v) is 3.60. The number of allylic oxidation sites excluding steroid dienone is 2. The van der Waals surface area contributed by atoms with Crippen LogP contribution in [0.4, 0.5) is 0 Å². The SMILES string of the molecule is CC(C)(C)C1C=CC2=C(N=CC2)N(C(C)(C)C)C1=O. The van der Waals surface area contributed by atoms with Crippen molar-refractivity contribution in [3.8, 4) is 0 Å². The maximum atomic E-state index is 12.9. The summed E-state index contributed by atoms with van der Waals surface area (Å²) in [6, 6.07) is 0. The third-order valence-electron chi connectivity index (χ3n) is 3.60. The van der Waals surface area contributed by atoms with Gasteiger partial charge in [-0.3, -0.25) is 9.69 Å². The van der Waals surface area contributed by atoms with Gasteiger partial charge in [-0.1, -0.05) is 32.9 Å². The molecule has 3 nitrogen and oxygen atoms in total. The summed E-state index contributed by atoms with van der Waals surface area (Å²) in [5.41, 5.74) is 0.810. The standard InChI is InChI=1S/C16H24N2O/c1-15(2,3)12-8-7-11-9-10-17-13(11)18(14(12)19)16(4,5)6/h7-8,10,12H,9H2,1-6H3. The second-order valence-corrected chi connectivity index (χ2v) is 7.41. The smallest absolute Gasteiger partial charge is 0.236 e. The lowest BCUT2D eigenvalue weighted by molar-refractivity contribution is -0.139. The van der Waals surface area contributed by atoms with Crippen LogP contribution in [0.1, 0.15) is 48.0 Å². The quantitative estimate of drug-likeness (QED) is 0.655. The minimum Gasteiger partial charge on any atom is -0.291 e. The molecule has 0 aromatic rings. The molecule has 0 saturated heterocycles. The zero-order chi connectivity index (χ0) is 14.4. The fourth-order valence-corrected chi connectivity index (χ4v) is 2.59. The summed E-state index contributed by atoms with van der Waals surface area (Å²) in [6.07, 6.45) is 6.85. The first kappa shape index (κ1) is 14.0. The second-order valence-electron chi connectivity index (χ2n) is 7.41. The fourth-order valence-electron chi connectivity index (χ4n) is 2.59. The van der Waals surface area contributed by atoms with Crippen LogP contribution in [0.25, 0.3) is 0 Å². The van der Waals surface area contributed by atoms with E-state index in [0.29, 0.717) is 0 Å². The van der Waals surface area contributed by atoms with E-state index < -0.39 is 0 Å². The molecule has 1 unspecified atom stereocenters. The van der Waals surface area contributed by atoms with Crippen molar-refractivity contribution in [3.05, 3.63) is 23.5 Å². The van der Waals surface area contributed by atoms with Gasteiger partial charge >= 0.3 is 0 Å². The van der Waals surface area contributed by atoms with Crippen LogP contribution in [0.15, 0.2) is 28.5 Å². The van der Waals surface area contributed by atoms with Gasteiger partial charge in [-0.05, 0) is 26.2 Å². The van der Waals surface area contributed by atoms with Crippen molar-refractivity contribution >= 4 is 12.1 Å². The van der Waals surface area contributed by atoms with Crippen LogP contribution in [0, 0.1) is 11.3 Å². The van der Waals surface area contributed by atoms with Crippen LogP contribution >= 0.6 is 0 Å². The Labute approximate surface area is 116 Å². The molecule has 1 atom stereocenters. The van der Waals surface area contributed by atoms with Crippen molar-refractivity contribution in [2.24, 2.45) is 16.3 Å². The van der Waals surface area contributed by atoms with Gasteiger partial charge in [-0.25, -0.2) is 4.99 Å². The number of nitrogens with zero attached hydrogens (tertiary/aromatic N) is 2. The van der Waals surface area contributed by atoms with E-state index in [1.165, 1.54) is 0 Å². The normalized spacial score (nSPS) is 24.0. The number of hydrogen-bond acceptors (Lipinski definition) is 2. The zero-order valence-electron chi connectivity index (χ0n) is 12.8. The Balaban J connectivity index is 2.51. The van der Waals surface area contributed by atoms with Gasteiger partial charge in [0.15, 0.2) is 0 Å². The Morgan fingerprint density at radius 2 is 1.84 bits per heavy atom. The number of rotatable bonds is 0. The van der Waals surface area contributed by atoms with Crippen LogP contribution in [-0.2, 0) is 4.79 Å². The van der Waals surface area contributed by atoms with E-state index in [1.54, 1.807) is 0 Å². The molecule has 0 saturated carbocycles. The van der Waals surface area contributed by atoms with Crippen LogP contribution in [0.3, 0.4) is 0 Å². The van der Waals surface area contributed by atoms with Gasteiger partial charge in [0.1, 0.15) is 5.82 Å². The van der Waals surface area contributed by atoms with Gasteiger partial charge in [-0.15, -0.1) is 0 Å². The topological polar surface area (TPSA) is 32.7 Å². The Morgan fingerprint density at radius 3 is 2.37 bits per heavy atom. The van der Waals surface area contributed by atoms with E-state index in [2.05, 4.69) is 58.7 Å². The van der Waals surface area contributed by atoms with E-state index in [9.17, 15) is 4.79 Å². The maximum absolute atomic E-state index is 12.9. The van der Waals surface area contributed by atoms with Crippen molar-refractivity contribution in [3.63, 3.8) is 0 Å². The number of hydrogen-bond donors (Lipinski definition) is 0. The summed E-state index contributed by atoms with van der Waals surface area (Å²) < 4.78 is 0. The molecule has 0 bridgehead atoms. The molecule has 2 aliphatic rings. The maximum Gasteiger partial charge on any atom is 0.236 e. The molecular formula is C16H24N2O. The Morgan fingerprint density at radius 1 is 1.21 bits per heavy atom. The Kier molecular flexibility index (Phi) is 3.20. The molecule has 19 heavy (non-hydrogen) atoms. The lowest BCUT2D eigenvalue weighted by atomic mass is 9.79. The highest BCUT2D eigenvalue weighted by molar-refractivity contribution is 5.86. The highest BCUT2D eigenvalue weighted by Crippen LogP contribution is 2.38. The van der Waals surface area contributed by atoms with Crippen molar-refractivity contribution in [2.75, 3.05) is 0 Å². The monoisotopic (exact) mass is 260 g/mol. The van der Waals surface area contributed by atoms with Gasteiger partial charge in [0.25, 0.3) is 0 Å². The van der Waals surface area contributed by atoms with Gasteiger partial charge < -0.3 is 0 Å². The average Bonchev–Trinajstić information content (AvgIpc) is 2.57. The lowest BCUT2D eigenvalue weighted by Crippen LogP contribution is -2.48. The summed E-state index contributed by atoms with van der Waals surface area (Å²) in [6.45, 7) is 12.5. The molecule has 1 amide bonds. The summed E-state index contributed by atoms with van der Waals surface area (Å²) in [7, 11) is 0. The van der Waals surface area contributed by atoms with Crippen molar-refractivity contribution in [1.82, 2.24) is 4.90 Å². The first-order chi connectivity index (χ1) is 8.62. The first-order valence-electron chi connectivity index (χ1n) is 6.90. The lowest BCUT2D eigenvalue weighted by Gasteiger charge is -2.39. The molecule has 0 aliphatic carbocycles.